The quantitative estimate of drug-likeness (QED) is 0.351. The number of carbonyl (C=O) groups excluding carboxylic acids is 1. The summed E-state index contributed by atoms with van der Waals surface area (Å²) in [5, 5.41) is 15.0. The summed E-state index contributed by atoms with van der Waals surface area (Å²) in [6.45, 7) is 5.77. The number of thiocarbonyl (C=S) groups is 1. The number of nitro groups is 1. The van der Waals surface area contributed by atoms with Gasteiger partial charge in [-0.25, -0.2) is 4.79 Å². The summed E-state index contributed by atoms with van der Waals surface area (Å²) in [6, 6.07) is 11.4. The van der Waals surface area contributed by atoms with Crippen LogP contribution in [0.15, 0.2) is 53.7 Å². The third-order valence-corrected chi connectivity index (χ3v) is 5.38. The molecule has 2 aromatic carbocycles. The largest absolute Gasteiger partial charge is 0.466 e. The van der Waals surface area contributed by atoms with Crippen molar-refractivity contribution in [2.45, 2.75) is 26.8 Å². The summed E-state index contributed by atoms with van der Waals surface area (Å²) in [7, 11) is 1.28. The van der Waals surface area contributed by atoms with E-state index in [1.54, 1.807) is 30.0 Å². The number of nitrogens with zero attached hydrogens (tertiary/aromatic N) is 2. The zero-order chi connectivity index (χ0) is 21.3. The highest BCUT2D eigenvalue weighted by molar-refractivity contribution is 7.80. The second-order valence-corrected chi connectivity index (χ2v) is 7.18. The van der Waals surface area contributed by atoms with Crippen molar-refractivity contribution in [3.05, 3.63) is 80.5 Å². The average Bonchev–Trinajstić information content (AvgIpc) is 2.69. The molecule has 0 fully saturated rings. The van der Waals surface area contributed by atoms with Gasteiger partial charge in [0.15, 0.2) is 5.11 Å². The summed E-state index contributed by atoms with van der Waals surface area (Å²) < 4.78 is 5.00. The van der Waals surface area contributed by atoms with Gasteiger partial charge in [-0.15, -0.1) is 0 Å². The molecule has 1 atom stereocenters. The summed E-state index contributed by atoms with van der Waals surface area (Å²) in [6.07, 6.45) is 0. The molecule has 0 unspecified atom stereocenters. The molecular formula is C21H21N3O4S. The topological polar surface area (TPSA) is 84.7 Å². The van der Waals surface area contributed by atoms with Crippen molar-refractivity contribution in [1.29, 1.82) is 0 Å². The van der Waals surface area contributed by atoms with E-state index >= 15 is 0 Å². The van der Waals surface area contributed by atoms with Gasteiger partial charge in [0.2, 0.25) is 0 Å². The molecule has 0 amide bonds. The zero-order valence-electron chi connectivity index (χ0n) is 16.6. The number of esters is 1. The van der Waals surface area contributed by atoms with Gasteiger partial charge in [-0.1, -0.05) is 18.2 Å². The molecule has 3 rings (SSSR count). The molecule has 29 heavy (non-hydrogen) atoms. The van der Waals surface area contributed by atoms with Crippen LogP contribution in [-0.4, -0.2) is 23.1 Å². The normalized spacial score (nSPS) is 16.5. The minimum absolute atomic E-state index is 0.0957. The van der Waals surface area contributed by atoms with Crippen molar-refractivity contribution in [1.82, 2.24) is 5.32 Å². The van der Waals surface area contributed by atoms with E-state index in [1.807, 2.05) is 32.0 Å². The molecule has 7 nitrogen and oxygen atoms in total. The van der Waals surface area contributed by atoms with Crippen LogP contribution in [0.1, 0.15) is 29.7 Å². The van der Waals surface area contributed by atoms with E-state index < -0.39 is 16.9 Å². The molecule has 0 bridgehead atoms. The molecule has 0 radical (unpaired) electrons. The van der Waals surface area contributed by atoms with Crippen LogP contribution in [0.2, 0.25) is 0 Å². The van der Waals surface area contributed by atoms with E-state index in [0.717, 1.165) is 16.8 Å². The minimum Gasteiger partial charge on any atom is -0.466 e. The third kappa shape index (κ3) is 3.71. The summed E-state index contributed by atoms with van der Waals surface area (Å²) in [5.41, 5.74) is 4.10. The number of para-hydroxylation sites is 1. The van der Waals surface area contributed by atoms with E-state index in [9.17, 15) is 14.9 Å². The second kappa shape index (κ2) is 8.00. The first kappa shape index (κ1) is 20.5. The van der Waals surface area contributed by atoms with Gasteiger partial charge in [0.1, 0.15) is 0 Å². The van der Waals surface area contributed by atoms with Crippen LogP contribution in [0.4, 0.5) is 11.4 Å². The van der Waals surface area contributed by atoms with Gasteiger partial charge >= 0.3 is 5.97 Å². The predicted octanol–water partition coefficient (Wildman–Crippen LogP) is 4.09. The lowest BCUT2D eigenvalue weighted by Gasteiger charge is -2.37. The third-order valence-electron chi connectivity index (χ3n) is 5.08. The molecule has 0 aromatic heterocycles. The first-order valence-corrected chi connectivity index (χ1v) is 9.37. The fourth-order valence-corrected chi connectivity index (χ4v) is 3.78. The van der Waals surface area contributed by atoms with Crippen molar-refractivity contribution in [2.75, 3.05) is 12.0 Å². The molecule has 1 aliphatic rings. The van der Waals surface area contributed by atoms with E-state index in [0.29, 0.717) is 16.4 Å². The van der Waals surface area contributed by atoms with Crippen LogP contribution in [0, 0.1) is 24.0 Å². The molecule has 0 saturated carbocycles. The average molecular weight is 411 g/mol. The van der Waals surface area contributed by atoms with Crippen LogP contribution in [0.3, 0.4) is 0 Å². The van der Waals surface area contributed by atoms with E-state index in [2.05, 4.69) is 5.32 Å². The van der Waals surface area contributed by atoms with Crippen LogP contribution >= 0.6 is 12.2 Å². The Hall–Kier alpha value is -3.26. The molecule has 0 aliphatic carbocycles. The number of rotatable bonds is 4. The van der Waals surface area contributed by atoms with E-state index in [1.165, 1.54) is 13.2 Å². The number of nitrogens with one attached hydrogen (secondary N) is 1. The molecule has 0 saturated heterocycles. The highest BCUT2D eigenvalue weighted by Gasteiger charge is 2.38. The van der Waals surface area contributed by atoms with Gasteiger partial charge in [0.05, 0.1) is 29.2 Å². The Labute approximate surface area is 174 Å². The number of aryl methyl sites for hydroxylation is 2. The van der Waals surface area contributed by atoms with Gasteiger partial charge < -0.3 is 10.1 Å². The first-order valence-electron chi connectivity index (χ1n) is 8.96. The maximum absolute atomic E-state index is 12.7. The number of nitro benzene ring substituents is 1. The zero-order valence-corrected chi connectivity index (χ0v) is 17.4. The van der Waals surface area contributed by atoms with Crippen LogP contribution in [-0.2, 0) is 9.53 Å². The van der Waals surface area contributed by atoms with Gasteiger partial charge in [-0.2, -0.15) is 0 Å². The number of anilines is 1. The fraction of sp³-hybridized carbons (Fsp3) is 0.238. The molecule has 2 aromatic rings. The number of benzene rings is 2. The fourth-order valence-electron chi connectivity index (χ4n) is 3.42. The molecule has 1 aliphatic heterocycles. The van der Waals surface area contributed by atoms with Crippen LogP contribution in [0.5, 0.6) is 0 Å². The highest BCUT2D eigenvalue weighted by atomic mass is 32.1. The summed E-state index contributed by atoms with van der Waals surface area (Å²) in [5.74, 6) is -0.575. The lowest BCUT2D eigenvalue weighted by atomic mass is 9.93. The molecular weight excluding hydrogens is 390 g/mol. The Morgan fingerprint density at radius 3 is 2.48 bits per heavy atom. The molecule has 0 spiro atoms. The number of allylic oxidation sites excluding steroid dienone is 1. The Kier molecular flexibility index (Phi) is 5.65. The maximum atomic E-state index is 12.7. The van der Waals surface area contributed by atoms with Crippen LogP contribution < -0.4 is 10.2 Å². The smallest absolute Gasteiger partial charge is 0.337 e. The molecule has 1 heterocycles. The summed E-state index contributed by atoms with van der Waals surface area (Å²) in [4.78, 5) is 25.5. The van der Waals surface area contributed by atoms with Crippen molar-refractivity contribution in [2.24, 2.45) is 0 Å². The standard InChI is InChI=1S/C21H21N3O4S/c1-12-9-10-15(11-13(12)2)23-14(3)18(20(25)28-4)19(22-21(23)29)16-7-5-6-8-17(16)24(26)27/h5-11,19H,1-4H3,(H,22,29)/t19-/m1/s1. The monoisotopic (exact) mass is 411 g/mol. The van der Waals surface area contributed by atoms with Crippen LogP contribution in [0.25, 0.3) is 0 Å². The molecule has 8 heteroatoms. The molecule has 150 valence electrons. The number of hydrogen-bond donors (Lipinski definition) is 1. The molecule has 1 N–H and O–H groups in total. The Morgan fingerprint density at radius 2 is 1.86 bits per heavy atom. The van der Waals surface area contributed by atoms with Crippen molar-refractivity contribution < 1.29 is 14.5 Å². The lowest BCUT2D eigenvalue weighted by molar-refractivity contribution is -0.385. The summed E-state index contributed by atoms with van der Waals surface area (Å²) >= 11 is 5.58. The number of ether oxygens (including phenoxy) is 1. The first-order chi connectivity index (χ1) is 13.8. The van der Waals surface area contributed by atoms with Crippen molar-refractivity contribution >= 4 is 34.7 Å². The SMILES string of the molecule is COC(=O)C1=C(C)N(c2ccc(C)c(C)c2)C(=S)N[C@@H]1c1ccccc1[N+](=O)[O-]. The van der Waals surface area contributed by atoms with Gasteiger partial charge in [0, 0.05) is 17.5 Å². The van der Waals surface area contributed by atoms with Crippen molar-refractivity contribution in [3.63, 3.8) is 0 Å². The van der Waals surface area contributed by atoms with Gasteiger partial charge in [0.25, 0.3) is 5.69 Å². The lowest BCUT2D eigenvalue weighted by Crippen LogP contribution is -2.48. The number of methoxy groups -OCH3 is 1. The Balaban J connectivity index is 2.20. The van der Waals surface area contributed by atoms with Crippen molar-refractivity contribution in [3.8, 4) is 0 Å². The number of hydrogen-bond acceptors (Lipinski definition) is 5. The Bertz CT molecular complexity index is 1050. The number of carbonyl (C=O) groups is 1. The van der Waals surface area contributed by atoms with E-state index in [4.69, 9.17) is 17.0 Å². The van der Waals surface area contributed by atoms with E-state index in [-0.39, 0.29) is 11.3 Å². The minimum atomic E-state index is -0.792. The van der Waals surface area contributed by atoms with Gasteiger partial charge in [-0.3, -0.25) is 15.0 Å². The Morgan fingerprint density at radius 1 is 1.17 bits per heavy atom. The maximum Gasteiger partial charge on any atom is 0.337 e. The van der Waals surface area contributed by atoms with Gasteiger partial charge in [-0.05, 0) is 62.3 Å². The second-order valence-electron chi connectivity index (χ2n) is 6.79. The predicted molar refractivity (Wildman–Crippen MR) is 115 cm³/mol. The highest BCUT2D eigenvalue weighted by Crippen LogP contribution is 2.37.